The second kappa shape index (κ2) is 6.85. The van der Waals surface area contributed by atoms with Gasteiger partial charge in [0.15, 0.2) is 0 Å². The predicted octanol–water partition coefficient (Wildman–Crippen LogP) is 0.220. The molecule has 1 aromatic carbocycles. The molecule has 0 spiro atoms. The highest BCUT2D eigenvalue weighted by molar-refractivity contribution is 7.85. The van der Waals surface area contributed by atoms with Crippen molar-refractivity contribution in [1.82, 2.24) is 0 Å². The van der Waals surface area contributed by atoms with Crippen molar-refractivity contribution >= 4 is 15.8 Å². The fourth-order valence-electron chi connectivity index (χ4n) is 1.85. The summed E-state index contributed by atoms with van der Waals surface area (Å²) in [5.74, 6) is -0.667. The topological polar surface area (TPSA) is 104 Å². The lowest BCUT2D eigenvalue weighted by molar-refractivity contribution is 0.200. The van der Waals surface area contributed by atoms with Gasteiger partial charge in [0.25, 0.3) is 10.1 Å². The SMILES string of the molecule is CCN(CC(O)CS(=O)(=O)O)c1cccc(CN)c1. The summed E-state index contributed by atoms with van der Waals surface area (Å²) in [5.41, 5.74) is 7.38. The van der Waals surface area contributed by atoms with Gasteiger partial charge < -0.3 is 15.7 Å². The summed E-state index contributed by atoms with van der Waals surface area (Å²) in [6.45, 7) is 3.05. The van der Waals surface area contributed by atoms with Crippen LogP contribution < -0.4 is 10.6 Å². The summed E-state index contributed by atoms with van der Waals surface area (Å²) in [6.07, 6.45) is -1.14. The maximum absolute atomic E-state index is 10.7. The Kier molecular flexibility index (Phi) is 5.74. The number of rotatable bonds is 7. The van der Waals surface area contributed by atoms with Gasteiger partial charge in [-0.2, -0.15) is 8.42 Å². The highest BCUT2D eigenvalue weighted by Gasteiger charge is 2.17. The lowest BCUT2D eigenvalue weighted by Gasteiger charge is -2.26. The highest BCUT2D eigenvalue weighted by Crippen LogP contribution is 2.16. The van der Waals surface area contributed by atoms with Crippen LogP contribution in [-0.4, -0.2) is 43.0 Å². The van der Waals surface area contributed by atoms with Gasteiger partial charge in [-0.15, -0.1) is 0 Å². The average molecular weight is 288 g/mol. The monoisotopic (exact) mass is 288 g/mol. The van der Waals surface area contributed by atoms with Crippen molar-refractivity contribution < 1.29 is 18.1 Å². The number of hydrogen-bond donors (Lipinski definition) is 3. The lowest BCUT2D eigenvalue weighted by atomic mass is 10.2. The number of nitrogens with two attached hydrogens (primary N) is 1. The van der Waals surface area contributed by atoms with Crippen molar-refractivity contribution in [3.05, 3.63) is 29.8 Å². The van der Waals surface area contributed by atoms with Gasteiger partial charge in [0, 0.05) is 25.3 Å². The quantitative estimate of drug-likeness (QED) is 0.620. The van der Waals surface area contributed by atoms with Crippen molar-refractivity contribution in [1.29, 1.82) is 0 Å². The van der Waals surface area contributed by atoms with Crippen molar-refractivity contribution in [2.75, 3.05) is 23.7 Å². The molecule has 1 unspecified atom stereocenters. The molecule has 0 radical (unpaired) electrons. The van der Waals surface area contributed by atoms with Gasteiger partial charge in [0.1, 0.15) is 5.75 Å². The van der Waals surface area contributed by atoms with Crippen molar-refractivity contribution in [2.24, 2.45) is 5.73 Å². The number of aliphatic hydroxyl groups is 1. The summed E-state index contributed by atoms with van der Waals surface area (Å²) >= 11 is 0. The van der Waals surface area contributed by atoms with Crippen LogP contribution in [0.2, 0.25) is 0 Å². The maximum Gasteiger partial charge on any atom is 0.267 e. The minimum atomic E-state index is -4.17. The van der Waals surface area contributed by atoms with Crippen molar-refractivity contribution in [3.8, 4) is 0 Å². The minimum Gasteiger partial charge on any atom is -0.390 e. The fraction of sp³-hybridized carbons (Fsp3) is 0.500. The zero-order valence-corrected chi connectivity index (χ0v) is 11.7. The van der Waals surface area contributed by atoms with Gasteiger partial charge in [-0.3, -0.25) is 4.55 Å². The summed E-state index contributed by atoms with van der Waals surface area (Å²) in [4.78, 5) is 1.83. The van der Waals surface area contributed by atoms with E-state index >= 15 is 0 Å². The van der Waals surface area contributed by atoms with Crippen molar-refractivity contribution in [2.45, 2.75) is 19.6 Å². The molecule has 0 fully saturated rings. The van der Waals surface area contributed by atoms with E-state index in [0.717, 1.165) is 11.3 Å². The standard InChI is InChI=1S/C12H20N2O4S/c1-2-14(8-12(15)9-19(16,17)18)11-5-3-4-10(6-11)7-13/h3-6,12,15H,2,7-9,13H2,1H3,(H,16,17,18). The van der Waals surface area contributed by atoms with E-state index in [1.54, 1.807) is 0 Å². The van der Waals surface area contributed by atoms with Crippen LogP contribution in [0.25, 0.3) is 0 Å². The summed E-state index contributed by atoms with van der Waals surface area (Å²) in [5, 5.41) is 9.67. The van der Waals surface area contributed by atoms with Crippen LogP contribution in [0.1, 0.15) is 12.5 Å². The third-order valence-corrected chi connectivity index (χ3v) is 3.53. The van der Waals surface area contributed by atoms with Gasteiger partial charge in [-0.05, 0) is 24.6 Å². The number of benzene rings is 1. The van der Waals surface area contributed by atoms with Gasteiger partial charge >= 0.3 is 0 Å². The van der Waals surface area contributed by atoms with Crippen LogP contribution in [0, 0.1) is 0 Å². The second-order valence-electron chi connectivity index (χ2n) is 4.32. The highest BCUT2D eigenvalue weighted by atomic mass is 32.2. The summed E-state index contributed by atoms with van der Waals surface area (Å²) in [7, 11) is -4.17. The average Bonchev–Trinajstić information content (AvgIpc) is 2.34. The molecule has 19 heavy (non-hydrogen) atoms. The van der Waals surface area contributed by atoms with E-state index in [1.165, 1.54) is 0 Å². The molecule has 0 aliphatic carbocycles. The van der Waals surface area contributed by atoms with E-state index in [-0.39, 0.29) is 6.54 Å². The molecular weight excluding hydrogens is 268 g/mol. The molecular formula is C12H20N2O4S. The van der Waals surface area contributed by atoms with E-state index < -0.39 is 22.0 Å². The summed E-state index contributed by atoms with van der Waals surface area (Å²) < 4.78 is 30.1. The molecule has 6 nitrogen and oxygen atoms in total. The van der Waals surface area contributed by atoms with Crippen LogP contribution >= 0.6 is 0 Å². The molecule has 1 aromatic rings. The van der Waals surface area contributed by atoms with E-state index in [9.17, 15) is 13.5 Å². The third kappa shape index (κ3) is 5.56. The molecule has 0 saturated carbocycles. The van der Waals surface area contributed by atoms with Crippen LogP contribution in [0.5, 0.6) is 0 Å². The molecule has 0 amide bonds. The Labute approximate surface area is 113 Å². The van der Waals surface area contributed by atoms with Crippen LogP contribution in [-0.2, 0) is 16.7 Å². The number of nitrogens with zero attached hydrogens (tertiary/aromatic N) is 1. The molecule has 0 aromatic heterocycles. The molecule has 0 aliphatic rings. The molecule has 7 heteroatoms. The predicted molar refractivity (Wildman–Crippen MR) is 74.6 cm³/mol. The van der Waals surface area contributed by atoms with Gasteiger partial charge in [-0.1, -0.05) is 12.1 Å². The number of hydrogen-bond acceptors (Lipinski definition) is 5. The molecule has 4 N–H and O–H groups in total. The van der Waals surface area contributed by atoms with E-state index in [1.807, 2.05) is 36.1 Å². The molecule has 1 rings (SSSR count). The number of aliphatic hydroxyl groups excluding tert-OH is 1. The first-order valence-electron chi connectivity index (χ1n) is 6.03. The molecule has 0 bridgehead atoms. The molecule has 1 atom stereocenters. The molecule has 0 aliphatic heterocycles. The Morgan fingerprint density at radius 1 is 1.42 bits per heavy atom. The van der Waals surface area contributed by atoms with E-state index in [2.05, 4.69) is 0 Å². The van der Waals surface area contributed by atoms with Crippen LogP contribution in [0.3, 0.4) is 0 Å². The Morgan fingerprint density at radius 2 is 2.11 bits per heavy atom. The maximum atomic E-state index is 10.7. The first-order valence-corrected chi connectivity index (χ1v) is 7.63. The smallest absolute Gasteiger partial charge is 0.267 e. The normalized spacial score (nSPS) is 13.3. The van der Waals surface area contributed by atoms with E-state index in [4.69, 9.17) is 10.3 Å². The zero-order chi connectivity index (χ0) is 14.5. The number of likely N-dealkylation sites (N-methyl/N-ethyl adjacent to an activating group) is 1. The second-order valence-corrected chi connectivity index (χ2v) is 5.81. The molecule has 0 heterocycles. The van der Waals surface area contributed by atoms with Crippen LogP contribution in [0.4, 0.5) is 5.69 Å². The Balaban J connectivity index is 2.77. The first kappa shape index (κ1) is 15.9. The number of anilines is 1. The molecule has 108 valence electrons. The lowest BCUT2D eigenvalue weighted by Crippen LogP contribution is -2.36. The Hall–Kier alpha value is -1.15. The minimum absolute atomic E-state index is 0.129. The van der Waals surface area contributed by atoms with Gasteiger partial charge in [-0.25, -0.2) is 0 Å². The van der Waals surface area contributed by atoms with E-state index in [0.29, 0.717) is 13.1 Å². The zero-order valence-electron chi connectivity index (χ0n) is 10.9. The fourth-order valence-corrected chi connectivity index (χ4v) is 2.44. The third-order valence-electron chi connectivity index (χ3n) is 2.73. The Morgan fingerprint density at radius 3 is 2.63 bits per heavy atom. The van der Waals surface area contributed by atoms with Gasteiger partial charge in [0.05, 0.1) is 6.10 Å². The van der Waals surface area contributed by atoms with Crippen molar-refractivity contribution in [3.63, 3.8) is 0 Å². The molecule has 0 saturated heterocycles. The Bertz CT molecular complexity index is 504. The largest absolute Gasteiger partial charge is 0.390 e. The van der Waals surface area contributed by atoms with Gasteiger partial charge in [0.2, 0.25) is 0 Å². The van der Waals surface area contributed by atoms with Crippen LogP contribution in [0.15, 0.2) is 24.3 Å². The summed E-state index contributed by atoms with van der Waals surface area (Å²) in [6, 6.07) is 7.51. The first-order chi connectivity index (χ1) is 8.85.